The molecule has 1 fully saturated rings. The molecule has 0 radical (unpaired) electrons. The van der Waals surface area contributed by atoms with Gasteiger partial charge >= 0.3 is 0 Å². The molecule has 2 heterocycles. The van der Waals surface area contributed by atoms with E-state index in [-0.39, 0.29) is 0 Å². The molecule has 3 heteroatoms. The van der Waals surface area contributed by atoms with Crippen molar-refractivity contribution in [3.05, 3.63) is 65.2 Å². The number of benzene rings is 2. The molecule has 0 amide bonds. The monoisotopic (exact) mass is 322 g/mol. The molecule has 2 aliphatic rings. The molecular formula is C21H26N2O. The predicted octanol–water partition coefficient (Wildman–Crippen LogP) is 3.55. The summed E-state index contributed by atoms with van der Waals surface area (Å²) < 4.78 is 5.59. The first kappa shape index (κ1) is 15.7. The van der Waals surface area contributed by atoms with Crippen molar-refractivity contribution in [2.24, 2.45) is 0 Å². The molecule has 126 valence electrons. The van der Waals surface area contributed by atoms with E-state index in [1.165, 1.54) is 42.6 Å². The third-order valence-electron chi connectivity index (χ3n) is 5.19. The summed E-state index contributed by atoms with van der Waals surface area (Å²) in [5.74, 6) is 1.07. The summed E-state index contributed by atoms with van der Waals surface area (Å²) in [4.78, 5) is 2.62. The second-order valence-electron chi connectivity index (χ2n) is 6.84. The maximum atomic E-state index is 5.59. The van der Waals surface area contributed by atoms with Crippen molar-refractivity contribution in [1.82, 2.24) is 10.2 Å². The summed E-state index contributed by atoms with van der Waals surface area (Å²) in [6.45, 7) is 5.19. The fourth-order valence-electron chi connectivity index (χ4n) is 3.89. The highest BCUT2D eigenvalue weighted by Gasteiger charge is 2.23. The van der Waals surface area contributed by atoms with Gasteiger partial charge in [0, 0.05) is 25.6 Å². The van der Waals surface area contributed by atoms with Crippen LogP contribution in [0.2, 0.25) is 0 Å². The lowest BCUT2D eigenvalue weighted by Gasteiger charge is -2.28. The number of fused-ring (bicyclic) bond motifs is 1. The summed E-state index contributed by atoms with van der Waals surface area (Å²) in [7, 11) is 0. The molecule has 1 N–H and O–H groups in total. The highest BCUT2D eigenvalue weighted by molar-refractivity contribution is 5.39. The summed E-state index contributed by atoms with van der Waals surface area (Å²) in [6, 6.07) is 18.0. The Bertz CT molecular complexity index is 665. The average molecular weight is 322 g/mol. The molecule has 0 spiro atoms. The van der Waals surface area contributed by atoms with Crippen LogP contribution >= 0.6 is 0 Å². The second-order valence-corrected chi connectivity index (χ2v) is 6.84. The Labute approximate surface area is 144 Å². The Morgan fingerprint density at radius 3 is 2.71 bits per heavy atom. The van der Waals surface area contributed by atoms with E-state index in [2.05, 4.69) is 58.7 Å². The Morgan fingerprint density at radius 1 is 1.04 bits per heavy atom. The van der Waals surface area contributed by atoms with Gasteiger partial charge in [-0.25, -0.2) is 0 Å². The van der Waals surface area contributed by atoms with Crippen molar-refractivity contribution in [1.29, 1.82) is 0 Å². The largest absolute Gasteiger partial charge is 0.493 e. The number of nitrogens with zero attached hydrogens (tertiary/aromatic N) is 1. The van der Waals surface area contributed by atoms with E-state index in [0.29, 0.717) is 6.04 Å². The normalized spacial score (nSPS) is 18.3. The van der Waals surface area contributed by atoms with Crippen LogP contribution in [0.1, 0.15) is 35.6 Å². The van der Waals surface area contributed by atoms with Crippen LogP contribution in [0.15, 0.2) is 48.5 Å². The third kappa shape index (κ3) is 3.47. The number of nitrogens with one attached hydrogen (secondary N) is 1. The molecule has 4 rings (SSSR count). The lowest BCUT2D eigenvalue weighted by atomic mass is 10.0. The molecule has 1 unspecified atom stereocenters. The third-order valence-corrected chi connectivity index (χ3v) is 5.19. The number of ether oxygens (including phenoxy) is 1. The first-order valence-electron chi connectivity index (χ1n) is 9.14. The molecule has 24 heavy (non-hydrogen) atoms. The zero-order valence-electron chi connectivity index (χ0n) is 14.2. The lowest BCUT2D eigenvalue weighted by molar-refractivity contribution is 0.238. The van der Waals surface area contributed by atoms with Crippen LogP contribution in [0.5, 0.6) is 5.75 Å². The first-order valence-corrected chi connectivity index (χ1v) is 9.14. The molecule has 0 aromatic heterocycles. The number of hydrogen-bond donors (Lipinski definition) is 1. The van der Waals surface area contributed by atoms with Gasteiger partial charge in [0.1, 0.15) is 5.75 Å². The van der Waals surface area contributed by atoms with Gasteiger partial charge in [-0.3, -0.25) is 4.90 Å². The Hall–Kier alpha value is -1.84. The quantitative estimate of drug-likeness (QED) is 0.880. The summed E-state index contributed by atoms with van der Waals surface area (Å²) in [5, 5.41) is 3.69. The zero-order chi connectivity index (χ0) is 16.2. The highest BCUT2D eigenvalue weighted by Crippen LogP contribution is 2.27. The van der Waals surface area contributed by atoms with Crippen LogP contribution < -0.4 is 10.1 Å². The molecule has 2 aliphatic heterocycles. The first-order chi connectivity index (χ1) is 11.9. The molecule has 2 aromatic carbocycles. The van der Waals surface area contributed by atoms with E-state index in [1.807, 2.05) is 0 Å². The van der Waals surface area contributed by atoms with Crippen LogP contribution in [0.4, 0.5) is 0 Å². The van der Waals surface area contributed by atoms with E-state index in [1.54, 1.807) is 0 Å². The van der Waals surface area contributed by atoms with Gasteiger partial charge < -0.3 is 10.1 Å². The predicted molar refractivity (Wildman–Crippen MR) is 97.3 cm³/mol. The maximum Gasteiger partial charge on any atom is 0.122 e. The van der Waals surface area contributed by atoms with Gasteiger partial charge in [0.05, 0.1) is 6.61 Å². The van der Waals surface area contributed by atoms with Crippen molar-refractivity contribution in [3.8, 4) is 5.75 Å². The highest BCUT2D eigenvalue weighted by atomic mass is 16.5. The fraction of sp³-hybridized carbons (Fsp3) is 0.429. The lowest BCUT2D eigenvalue weighted by Crippen LogP contribution is -2.34. The number of hydrogen-bond acceptors (Lipinski definition) is 3. The van der Waals surface area contributed by atoms with Crippen molar-refractivity contribution in [2.75, 3.05) is 26.2 Å². The van der Waals surface area contributed by atoms with Crippen LogP contribution in [0.25, 0.3) is 0 Å². The van der Waals surface area contributed by atoms with Crippen LogP contribution in [-0.4, -0.2) is 31.1 Å². The van der Waals surface area contributed by atoms with Gasteiger partial charge in [0.2, 0.25) is 0 Å². The van der Waals surface area contributed by atoms with E-state index in [4.69, 9.17) is 4.74 Å². The van der Waals surface area contributed by atoms with Gasteiger partial charge in [-0.15, -0.1) is 0 Å². The average Bonchev–Trinajstić information content (AvgIpc) is 3.30. The number of likely N-dealkylation sites (tertiary alicyclic amines) is 1. The van der Waals surface area contributed by atoms with Crippen LogP contribution in [0.3, 0.4) is 0 Å². The van der Waals surface area contributed by atoms with E-state index in [9.17, 15) is 0 Å². The number of rotatable bonds is 6. The standard InChI is InChI=1S/C21H26N2O/c1-2-6-18(7-3-1)20(23-11-4-5-12-23)16-22-15-17-8-9-21-19(14-17)10-13-24-21/h1-3,6-9,14,20,22H,4-5,10-13,15-16H2. The van der Waals surface area contributed by atoms with E-state index < -0.39 is 0 Å². The van der Waals surface area contributed by atoms with Gasteiger partial charge in [-0.2, -0.15) is 0 Å². The summed E-state index contributed by atoms with van der Waals surface area (Å²) >= 11 is 0. The molecule has 3 nitrogen and oxygen atoms in total. The van der Waals surface area contributed by atoms with Crippen LogP contribution in [0, 0.1) is 0 Å². The zero-order valence-corrected chi connectivity index (χ0v) is 14.2. The summed E-state index contributed by atoms with van der Waals surface area (Å²) in [5.41, 5.74) is 4.13. The topological polar surface area (TPSA) is 24.5 Å². The van der Waals surface area contributed by atoms with Crippen molar-refractivity contribution < 1.29 is 4.74 Å². The van der Waals surface area contributed by atoms with Crippen molar-refractivity contribution >= 4 is 0 Å². The molecule has 0 bridgehead atoms. The molecule has 1 atom stereocenters. The van der Waals surface area contributed by atoms with Crippen molar-refractivity contribution in [2.45, 2.75) is 31.8 Å². The molecule has 1 saturated heterocycles. The maximum absolute atomic E-state index is 5.59. The minimum Gasteiger partial charge on any atom is -0.493 e. The second kappa shape index (κ2) is 7.37. The van der Waals surface area contributed by atoms with Crippen LogP contribution in [-0.2, 0) is 13.0 Å². The molecule has 2 aromatic rings. The van der Waals surface area contributed by atoms with Gasteiger partial charge in [-0.1, -0.05) is 42.5 Å². The van der Waals surface area contributed by atoms with Gasteiger partial charge in [-0.05, 0) is 48.7 Å². The summed E-state index contributed by atoms with van der Waals surface area (Å²) in [6.07, 6.45) is 3.70. The molecular weight excluding hydrogens is 296 g/mol. The Kier molecular flexibility index (Phi) is 4.81. The minimum atomic E-state index is 0.478. The SMILES string of the molecule is c1ccc(C(CNCc2ccc3c(c2)CCO3)N2CCCC2)cc1. The van der Waals surface area contributed by atoms with Gasteiger partial charge in [0.15, 0.2) is 0 Å². The van der Waals surface area contributed by atoms with Crippen molar-refractivity contribution in [3.63, 3.8) is 0 Å². The smallest absolute Gasteiger partial charge is 0.122 e. The Morgan fingerprint density at radius 2 is 1.88 bits per heavy atom. The van der Waals surface area contributed by atoms with E-state index in [0.717, 1.165) is 31.9 Å². The minimum absolute atomic E-state index is 0.478. The Balaban J connectivity index is 1.40. The van der Waals surface area contributed by atoms with E-state index >= 15 is 0 Å². The molecule has 0 aliphatic carbocycles. The fourth-order valence-corrected chi connectivity index (χ4v) is 3.89. The van der Waals surface area contributed by atoms with Gasteiger partial charge in [0.25, 0.3) is 0 Å². The molecule has 0 saturated carbocycles.